The summed E-state index contributed by atoms with van der Waals surface area (Å²) in [6.07, 6.45) is 0.929. The minimum Gasteiger partial charge on any atom is -0.393 e. The van der Waals surface area contributed by atoms with Crippen LogP contribution in [-0.2, 0) is 11.2 Å². The van der Waals surface area contributed by atoms with E-state index in [0.29, 0.717) is 25.1 Å². The molecule has 2 amide bonds. The zero-order chi connectivity index (χ0) is 16.3. The van der Waals surface area contributed by atoms with Crippen molar-refractivity contribution in [3.8, 4) is 0 Å². The predicted octanol–water partition coefficient (Wildman–Crippen LogP) is 1.73. The Bertz CT molecular complexity index is 569. The van der Waals surface area contributed by atoms with Gasteiger partial charge in [-0.15, -0.1) is 0 Å². The van der Waals surface area contributed by atoms with Crippen molar-refractivity contribution in [1.82, 2.24) is 5.32 Å². The van der Waals surface area contributed by atoms with Crippen LogP contribution in [0, 0.1) is 5.92 Å². The molecular weight excluding hydrogens is 280 g/mol. The normalized spacial score (nSPS) is 14.9. The minimum absolute atomic E-state index is 0.0265. The lowest BCUT2D eigenvalue weighted by Gasteiger charge is -2.15. The average molecular weight is 304 g/mol. The number of nitrogens with zero attached hydrogens (tertiary/aromatic N) is 1. The van der Waals surface area contributed by atoms with Gasteiger partial charge in [0.05, 0.1) is 6.10 Å². The molecule has 1 aliphatic rings. The van der Waals surface area contributed by atoms with E-state index >= 15 is 0 Å². The zero-order valence-electron chi connectivity index (χ0n) is 13.4. The Morgan fingerprint density at radius 3 is 2.73 bits per heavy atom. The molecule has 1 aliphatic heterocycles. The second-order valence-corrected chi connectivity index (χ2v) is 6.12. The lowest BCUT2D eigenvalue weighted by molar-refractivity contribution is -0.116. The summed E-state index contributed by atoms with van der Waals surface area (Å²) in [5.41, 5.74) is 2.53. The summed E-state index contributed by atoms with van der Waals surface area (Å²) in [6.45, 7) is 6.59. The molecule has 0 radical (unpaired) electrons. The number of hydrogen-bond donors (Lipinski definition) is 2. The van der Waals surface area contributed by atoms with Crippen molar-refractivity contribution in [1.29, 1.82) is 0 Å². The van der Waals surface area contributed by atoms with E-state index in [1.807, 2.05) is 26.0 Å². The maximum absolute atomic E-state index is 12.1. The van der Waals surface area contributed by atoms with Crippen LogP contribution in [0.1, 0.15) is 43.1 Å². The third kappa shape index (κ3) is 3.65. The van der Waals surface area contributed by atoms with E-state index < -0.39 is 6.10 Å². The fourth-order valence-corrected chi connectivity index (χ4v) is 2.64. The molecule has 1 atom stereocenters. The minimum atomic E-state index is -0.399. The number of benzene rings is 1. The molecule has 0 aromatic heterocycles. The average Bonchev–Trinajstić information content (AvgIpc) is 2.89. The first-order valence-electron chi connectivity index (χ1n) is 7.77. The Morgan fingerprint density at radius 1 is 1.36 bits per heavy atom. The zero-order valence-corrected chi connectivity index (χ0v) is 13.4. The number of amides is 2. The van der Waals surface area contributed by atoms with Crippen LogP contribution >= 0.6 is 0 Å². The van der Waals surface area contributed by atoms with Crippen molar-refractivity contribution >= 4 is 17.5 Å². The Labute approximate surface area is 131 Å². The van der Waals surface area contributed by atoms with Gasteiger partial charge in [-0.1, -0.05) is 13.8 Å². The van der Waals surface area contributed by atoms with Gasteiger partial charge in [-0.05, 0) is 42.5 Å². The second kappa shape index (κ2) is 6.92. The Morgan fingerprint density at radius 2 is 2.09 bits per heavy atom. The largest absolute Gasteiger partial charge is 0.393 e. The molecule has 0 aliphatic carbocycles. The summed E-state index contributed by atoms with van der Waals surface area (Å²) >= 11 is 0. The summed E-state index contributed by atoms with van der Waals surface area (Å²) in [4.78, 5) is 25.4. The molecule has 1 heterocycles. The van der Waals surface area contributed by atoms with E-state index in [9.17, 15) is 14.7 Å². The number of aliphatic hydroxyl groups excluding tert-OH is 1. The van der Waals surface area contributed by atoms with Gasteiger partial charge in [0.25, 0.3) is 5.91 Å². The topological polar surface area (TPSA) is 69.6 Å². The molecule has 2 rings (SSSR count). The van der Waals surface area contributed by atoms with Crippen molar-refractivity contribution in [2.45, 2.75) is 39.7 Å². The van der Waals surface area contributed by atoms with Crippen molar-refractivity contribution in [3.63, 3.8) is 0 Å². The van der Waals surface area contributed by atoms with Crippen LogP contribution in [0.5, 0.6) is 0 Å². The Kier molecular flexibility index (Phi) is 5.19. The number of fused-ring (bicyclic) bond motifs is 1. The van der Waals surface area contributed by atoms with Crippen LogP contribution in [-0.4, -0.2) is 36.1 Å². The molecule has 0 saturated heterocycles. The predicted molar refractivity (Wildman–Crippen MR) is 86.0 cm³/mol. The van der Waals surface area contributed by atoms with Gasteiger partial charge in [0.1, 0.15) is 0 Å². The quantitative estimate of drug-likeness (QED) is 0.870. The van der Waals surface area contributed by atoms with Crippen LogP contribution in [0.15, 0.2) is 18.2 Å². The van der Waals surface area contributed by atoms with Crippen LogP contribution in [0.3, 0.4) is 0 Å². The van der Waals surface area contributed by atoms with Gasteiger partial charge >= 0.3 is 0 Å². The molecule has 0 bridgehead atoms. The van der Waals surface area contributed by atoms with Crippen LogP contribution in [0.25, 0.3) is 0 Å². The molecular formula is C17H24N2O3. The van der Waals surface area contributed by atoms with E-state index in [1.54, 1.807) is 17.9 Å². The molecule has 1 unspecified atom stereocenters. The number of aliphatic hydroxyl groups is 1. The number of carbonyl (C=O) groups is 2. The SMILES string of the molecule is CC(=O)N1CCc2cc(C(=O)NCCC(O)C(C)C)ccc21. The summed E-state index contributed by atoms with van der Waals surface area (Å²) in [5.74, 6) is 0.0770. The van der Waals surface area contributed by atoms with Crippen molar-refractivity contribution in [2.24, 2.45) is 5.92 Å². The Hall–Kier alpha value is -1.88. The van der Waals surface area contributed by atoms with Gasteiger partial charge in [-0.3, -0.25) is 9.59 Å². The molecule has 5 heteroatoms. The molecule has 22 heavy (non-hydrogen) atoms. The molecule has 1 aromatic carbocycles. The van der Waals surface area contributed by atoms with E-state index in [1.165, 1.54) is 0 Å². The van der Waals surface area contributed by atoms with Gasteiger partial charge in [-0.25, -0.2) is 0 Å². The number of hydrogen-bond acceptors (Lipinski definition) is 3. The summed E-state index contributed by atoms with van der Waals surface area (Å²) < 4.78 is 0. The molecule has 0 saturated carbocycles. The molecule has 1 aromatic rings. The van der Waals surface area contributed by atoms with Gasteiger partial charge in [0.2, 0.25) is 5.91 Å². The summed E-state index contributed by atoms with van der Waals surface area (Å²) in [6, 6.07) is 5.43. The highest BCUT2D eigenvalue weighted by Crippen LogP contribution is 2.28. The highest BCUT2D eigenvalue weighted by atomic mass is 16.3. The third-order valence-corrected chi connectivity index (χ3v) is 4.11. The third-order valence-electron chi connectivity index (χ3n) is 4.11. The molecule has 0 fully saturated rings. The fraction of sp³-hybridized carbons (Fsp3) is 0.529. The van der Waals surface area contributed by atoms with E-state index in [-0.39, 0.29) is 17.7 Å². The number of nitrogens with one attached hydrogen (secondary N) is 1. The maximum Gasteiger partial charge on any atom is 0.251 e. The first kappa shape index (κ1) is 16.5. The number of rotatable bonds is 5. The molecule has 5 nitrogen and oxygen atoms in total. The van der Waals surface area contributed by atoms with E-state index in [4.69, 9.17) is 0 Å². The number of carbonyl (C=O) groups excluding carboxylic acids is 2. The Balaban J connectivity index is 1.96. The molecule has 2 N–H and O–H groups in total. The lowest BCUT2D eigenvalue weighted by atomic mass is 10.0. The molecule has 120 valence electrons. The van der Waals surface area contributed by atoms with Crippen LogP contribution in [0.2, 0.25) is 0 Å². The van der Waals surface area contributed by atoms with Gasteiger partial charge in [-0.2, -0.15) is 0 Å². The van der Waals surface area contributed by atoms with Crippen LogP contribution < -0.4 is 10.2 Å². The highest BCUT2D eigenvalue weighted by Gasteiger charge is 2.23. The monoisotopic (exact) mass is 304 g/mol. The summed E-state index contributed by atoms with van der Waals surface area (Å²) in [5, 5.41) is 12.6. The molecule has 0 spiro atoms. The van der Waals surface area contributed by atoms with E-state index in [0.717, 1.165) is 17.7 Å². The van der Waals surface area contributed by atoms with Gasteiger partial charge in [0, 0.05) is 31.3 Å². The van der Waals surface area contributed by atoms with Crippen molar-refractivity contribution in [3.05, 3.63) is 29.3 Å². The van der Waals surface area contributed by atoms with E-state index in [2.05, 4.69) is 5.32 Å². The standard InChI is InChI=1S/C17H24N2O3/c1-11(2)16(21)6-8-18-17(22)14-4-5-15-13(10-14)7-9-19(15)12(3)20/h4-5,10-11,16,21H,6-9H2,1-3H3,(H,18,22). The summed E-state index contributed by atoms with van der Waals surface area (Å²) in [7, 11) is 0. The maximum atomic E-state index is 12.1. The fourth-order valence-electron chi connectivity index (χ4n) is 2.64. The van der Waals surface area contributed by atoms with Gasteiger partial charge < -0.3 is 15.3 Å². The van der Waals surface area contributed by atoms with Crippen molar-refractivity contribution in [2.75, 3.05) is 18.0 Å². The first-order chi connectivity index (χ1) is 10.4. The second-order valence-electron chi connectivity index (χ2n) is 6.12. The number of anilines is 1. The first-order valence-corrected chi connectivity index (χ1v) is 7.77. The van der Waals surface area contributed by atoms with Gasteiger partial charge in [0.15, 0.2) is 0 Å². The lowest BCUT2D eigenvalue weighted by Crippen LogP contribution is -2.28. The smallest absolute Gasteiger partial charge is 0.251 e. The van der Waals surface area contributed by atoms with Crippen molar-refractivity contribution < 1.29 is 14.7 Å². The highest BCUT2D eigenvalue weighted by molar-refractivity contribution is 5.97. The van der Waals surface area contributed by atoms with Crippen LogP contribution in [0.4, 0.5) is 5.69 Å².